The third kappa shape index (κ3) is 4.75. The molecule has 0 saturated heterocycles. The van der Waals surface area contributed by atoms with Crippen LogP contribution in [0.25, 0.3) is 0 Å². The van der Waals surface area contributed by atoms with Crippen LogP contribution in [-0.4, -0.2) is 17.6 Å². The lowest BCUT2D eigenvalue weighted by Crippen LogP contribution is -2.15. The first-order valence-electron chi connectivity index (χ1n) is 4.54. The van der Waals surface area contributed by atoms with E-state index in [4.69, 9.17) is 0 Å². The number of nitro groups is 1. The molecule has 17 heavy (non-hydrogen) atoms. The number of non-ortho nitro benzene ring substituents is 1. The zero-order valence-corrected chi connectivity index (χ0v) is 10.6. The summed E-state index contributed by atoms with van der Waals surface area (Å²) in [7, 11) is 0. The van der Waals surface area contributed by atoms with Crippen LogP contribution in [0.3, 0.4) is 0 Å². The number of nitrogens with one attached hydrogen (secondary N) is 1. The molecule has 0 aliphatic heterocycles. The molecule has 0 aliphatic rings. The normalized spacial score (nSPS) is 11.3. The molecule has 0 aliphatic carbocycles. The van der Waals surface area contributed by atoms with E-state index in [1.165, 1.54) is 18.2 Å². The van der Waals surface area contributed by atoms with Crippen LogP contribution in [0.4, 0.5) is 24.5 Å². The maximum atomic E-state index is 11.9. The maximum Gasteiger partial charge on any atom is 0.390 e. The monoisotopic (exact) mass is 360 g/mol. The van der Waals surface area contributed by atoms with Crippen LogP contribution in [0.2, 0.25) is 0 Å². The molecule has 1 aromatic rings. The summed E-state index contributed by atoms with van der Waals surface area (Å²) in [5.41, 5.74) is 0.372. The molecule has 1 aromatic carbocycles. The number of nitrogens with zero attached hydrogens (tertiary/aromatic N) is 1. The van der Waals surface area contributed by atoms with Crippen LogP contribution in [0.5, 0.6) is 0 Å². The van der Waals surface area contributed by atoms with Crippen LogP contribution in [0, 0.1) is 13.7 Å². The Morgan fingerprint density at radius 1 is 1.41 bits per heavy atom. The van der Waals surface area contributed by atoms with E-state index in [-0.39, 0.29) is 12.2 Å². The molecule has 0 fully saturated rings. The van der Waals surface area contributed by atoms with E-state index in [1.54, 1.807) is 0 Å². The van der Waals surface area contributed by atoms with Gasteiger partial charge >= 0.3 is 6.18 Å². The molecule has 1 rings (SSSR count). The van der Waals surface area contributed by atoms with Gasteiger partial charge in [0.1, 0.15) is 0 Å². The first-order chi connectivity index (χ1) is 7.79. The fourth-order valence-electron chi connectivity index (χ4n) is 1.10. The van der Waals surface area contributed by atoms with Gasteiger partial charge in [0.25, 0.3) is 5.69 Å². The second-order valence-corrected chi connectivity index (χ2v) is 4.38. The van der Waals surface area contributed by atoms with E-state index < -0.39 is 17.5 Å². The Bertz CT molecular complexity index is 423. The largest absolute Gasteiger partial charge is 0.390 e. The minimum absolute atomic E-state index is 0.0872. The van der Waals surface area contributed by atoms with E-state index in [2.05, 4.69) is 5.32 Å². The lowest BCUT2D eigenvalue weighted by Gasteiger charge is -2.10. The zero-order chi connectivity index (χ0) is 13.1. The Morgan fingerprint density at radius 3 is 2.53 bits per heavy atom. The Balaban J connectivity index is 2.64. The van der Waals surface area contributed by atoms with Gasteiger partial charge in [0.2, 0.25) is 0 Å². The Morgan fingerprint density at radius 2 is 2.06 bits per heavy atom. The number of benzene rings is 1. The molecule has 0 atom stereocenters. The number of anilines is 1. The molecule has 0 unspecified atom stereocenters. The number of hydrogen-bond acceptors (Lipinski definition) is 3. The summed E-state index contributed by atoms with van der Waals surface area (Å²) >= 11 is 1.83. The van der Waals surface area contributed by atoms with Crippen LogP contribution < -0.4 is 5.32 Å². The van der Waals surface area contributed by atoms with Gasteiger partial charge in [-0.25, -0.2) is 0 Å². The molecule has 0 spiro atoms. The summed E-state index contributed by atoms with van der Waals surface area (Å²) in [6, 6.07) is 3.95. The molecule has 94 valence electrons. The summed E-state index contributed by atoms with van der Waals surface area (Å²) in [6.45, 7) is -0.253. The summed E-state index contributed by atoms with van der Waals surface area (Å²) in [4.78, 5) is 9.89. The number of hydrogen-bond donors (Lipinski definition) is 1. The highest BCUT2D eigenvalue weighted by atomic mass is 127. The second-order valence-electron chi connectivity index (χ2n) is 3.21. The van der Waals surface area contributed by atoms with E-state index in [1.807, 2.05) is 22.6 Å². The fraction of sp³-hybridized carbons (Fsp3) is 0.333. The van der Waals surface area contributed by atoms with Gasteiger partial charge in [-0.2, -0.15) is 13.2 Å². The Labute approximate surface area is 108 Å². The molecule has 0 bridgehead atoms. The summed E-state index contributed by atoms with van der Waals surface area (Å²) in [6.07, 6.45) is -5.15. The minimum Gasteiger partial charge on any atom is -0.384 e. The molecular formula is C9H8F3IN2O2. The molecule has 1 N–H and O–H groups in total. The van der Waals surface area contributed by atoms with Crippen molar-refractivity contribution in [1.82, 2.24) is 0 Å². The standard InChI is InChI=1S/C9H8F3IN2O2/c10-9(11,12)3-4-14-8-2-1-6(15(16)17)5-7(8)13/h1-2,5,14H,3-4H2. The molecule has 0 radical (unpaired) electrons. The Kier molecular flexibility index (Phi) is 4.54. The summed E-state index contributed by atoms with van der Waals surface area (Å²) in [5, 5.41) is 13.0. The highest BCUT2D eigenvalue weighted by Gasteiger charge is 2.26. The first-order valence-corrected chi connectivity index (χ1v) is 5.62. The first kappa shape index (κ1) is 14.0. The quantitative estimate of drug-likeness (QED) is 0.508. The van der Waals surface area contributed by atoms with E-state index in [0.717, 1.165) is 0 Å². The van der Waals surface area contributed by atoms with Crippen LogP contribution in [0.1, 0.15) is 6.42 Å². The van der Waals surface area contributed by atoms with Crippen molar-refractivity contribution in [2.45, 2.75) is 12.6 Å². The van der Waals surface area contributed by atoms with Crippen LogP contribution >= 0.6 is 22.6 Å². The van der Waals surface area contributed by atoms with Gasteiger partial charge in [0, 0.05) is 27.9 Å². The van der Waals surface area contributed by atoms with E-state index in [9.17, 15) is 23.3 Å². The number of nitro benzene ring substituents is 1. The van der Waals surface area contributed by atoms with E-state index >= 15 is 0 Å². The SMILES string of the molecule is O=[N+]([O-])c1ccc(NCCC(F)(F)F)c(I)c1. The van der Waals surface area contributed by atoms with Crippen molar-refractivity contribution in [2.24, 2.45) is 0 Å². The molecule has 0 saturated carbocycles. The second kappa shape index (κ2) is 5.52. The molecule has 4 nitrogen and oxygen atoms in total. The van der Waals surface area contributed by atoms with E-state index in [0.29, 0.717) is 9.26 Å². The van der Waals surface area contributed by atoms with Crippen molar-refractivity contribution < 1.29 is 18.1 Å². The van der Waals surface area contributed by atoms with Crippen molar-refractivity contribution in [2.75, 3.05) is 11.9 Å². The predicted molar refractivity (Wildman–Crippen MR) is 65.0 cm³/mol. The van der Waals surface area contributed by atoms with Gasteiger partial charge in [-0.05, 0) is 28.7 Å². The average Bonchev–Trinajstić information content (AvgIpc) is 2.18. The zero-order valence-electron chi connectivity index (χ0n) is 8.42. The fourth-order valence-corrected chi connectivity index (χ4v) is 1.79. The number of alkyl halides is 3. The predicted octanol–water partition coefficient (Wildman–Crippen LogP) is 3.56. The van der Waals surface area contributed by atoms with Gasteiger partial charge < -0.3 is 5.32 Å². The molecule has 0 amide bonds. The average molecular weight is 360 g/mol. The van der Waals surface area contributed by atoms with Gasteiger partial charge in [0.15, 0.2) is 0 Å². The number of rotatable bonds is 4. The molecule has 0 aromatic heterocycles. The Hall–Kier alpha value is -1.06. The minimum atomic E-state index is -4.21. The van der Waals surface area contributed by atoms with Crippen molar-refractivity contribution >= 4 is 34.0 Å². The molecule has 0 heterocycles. The third-order valence-electron chi connectivity index (χ3n) is 1.89. The topological polar surface area (TPSA) is 55.2 Å². The summed E-state index contributed by atoms with van der Waals surface area (Å²) < 4.78 is 36.2. The van der Waals surface area contributed by atoms with Crippen LogP contribution in [-0.2, 0) is 0 Å². The van der Waals surface area contributed by atoms with Gasteiger partial charge in [-0.15, -0.1) is 0 Å². The highest BCUT2D eigenvalue weighted by molar-refractivity contribution is 14.1. The number of halogens is 4. The van der Waals surface area contributed by atoms with Gasteiger partial charge in [-0.1, -0.05) is 0 Å². The van der Waals surface area contributed by atoms with Crippen molar-refractivity contribution in [1.29, 1.82) is 0 Å². The van der Waals surface area contributed by atoms with Gasteiger partial charge in [0.05, 0.1) is 11.3 Å². The van der Waals surface area contributed by atoms with Crippen LogP contribution in [0.15, 0.2) is 18.2 Å². The lowest BCUT2D eigenvalue weighted by atomic mass is 10.3. The third-order valence-corrected chi connectivity index (χ3v) is 2.78. The maximum absolute atomic E-state index is 11.9. The molecular weight excluding hydrogens is 352 g/mol. The highest BCUT2D eigenvalue weighted by Crippen LogP contribution is 2.25. The van der Waals surface area contributed by atoms with Gasteiger partial charge in [-0.3, -0.25) is 10.1 Å². The van der Waals surface area contributed by atoms with Crippen molar-refractivity contribution in [3.8, 4) is 0 Å². The van der Waals surface area contributed by atoms with Crippen molar-refractivity contribution in [3.05, 3.63) is 31.9 Å². The smallest absolute Gasteiger partial charge is 0.384 e. The summed E-state index contributed by atoms with van der Waals surface area (Å²) in [5.74, 6) is 0. The molecule has 8 heteroatoms. The lowest BCUT2D eigenvalue weighted by molar-refractivity contribution is -0.384. The van der Waals surface area contributed by atoms with Crippen molar-refractivity contribution in [3.63, 3.8) is 0 Å².